The first-order chi connectivity index (χ1) is 12.5. The number of aryl methyl sites for hydroxylation is 2. The number of nitrogens with zero attached hydrogens (tertiary/aromatic N) is 3. The van der Waals surface area contributed by atoms with E-state index in [2.05, 4.69) is 0 Å². The van der Waals surface area contributed by atoms with Gasteiger partial charge in [0.15, 0.2) is 0 Å². The van der Waals surface area contributed by atoms with E-state index >= 15 is 0 Å². The largest absolute Gasteiger partial charge is 0.360 e. The molecule has 0 N–H and O–H groups in total. The van der Waals surface area contributed by atoms with Gasteiger partial charge in [-0.2, -0.15) is 0 Å². The maximum absolute atomic E-state index is 14.5. The average Bonchev–Trinajstić information content (AvgIpc) is 3.46. The quantitative estimate of drug-likeness (QED) is 0.829. The van der Waals surface area contributed by atoms with Crippen LogP contribution in [0, 0.1) is 18.7 Å². The summed E-state index contributed by atoms with van der Waals surface area (Å²) in [5, 5.41) is 0. The molecule has 0 aromatic heterocycles. The lowest BCUT2D eigenvalue weighted by atomic mass is 9.99. The van der Waals surface area contributed by atoms with Crippen molar-refractivity contribution in [1.82, 2.24) is 9.80 Å². The number of halogens is 1. The minimum absolute atomic E-state index is 0.0244. The van der Waals surface area contributed by atoms with Gasteiger partial charge in [0.25, 0.3) is 0 Å². The molecule has 3 aliphatic rings. The van der Waals surface area contributed by atoms with Gasteiger partial charge in [-0.1, -0.05) is 6.07 Å². The van der Waals surface area contributed by atoms with Gasteiger partial charge in [-0.3, -0.25) is 9.59 Å². The first-order valence-electron chi connectivity index (χ1n) is 9.63. The van der Waals surface area contributed by atoms with Crippen molar-refractivity contribution in [1.29, 1.82) is 0 Å². The van der Waals surface area contributed by atoms with Crippen molar-refractivity contribution in [3.8, 4) is 0 Å². The van der Waals surface area contributed by atoms with Gasteiger partial charge < -0.3 is 14.7 Å². The highest BCUT2D eigenvalue weighted by molar-refractivity contribution is 5.84. The second-order valence-electron chi connectivity index (χ2n) is 7.76. The second-order valence-corrected chi connectivity index (χ2v) is 7.76. The molecule has 140 valence electrons. The van der Waals surface area contributed by atoms with Gasteiger partial charge in [-0.25, -0.2) is 4.39 Å². The summed E-state index contributed by atoms with van der Waals surface area (Å²) in [4.78, 5) is 30.5. The standard InChI is InChI=1S/C20H26FN3O2/c1-14-11-16-3-2-6-24(19(16)17(21)12-14)13-18(25)22-7-9-23(10-8-22)20(26)15-4-5-15/h11-12,15H,2-10,13H2,1H3. The van der Waals surface area contributed by atoms with E-state index in [0.29, 0.717) is 38.4 Å². The Labute approximate surface area is 153 Å². The lowest BCUT2D eigenvalue weighted by molar-refractivity contribution is -0.139. The zero-order valence-electron chi connectivity index (χ0n) is 15.3. The van der Waals surface area contributed by atoms with Crippen LogP contribution in [-0.2, 0) is 16.0 Å². The summed E-state index contributed by atoms with van der Waals surface area (Å²) in [5.41, 5.74) is 2.52. The fraction of sp³-hybridized carbons (Fsp3) is 0.600. The second kappa shape index (κ2) is 6.89. The van der Waals surface area contributed by atoms with Crippen molar-refractivity contribution < 1.29 is 14.0 Å². The van der Waals surface area contributed by atoms with Crippen molar-refractivity contribution >= 4 is 17.5 Å². The van der Waals surface area contributed by atoms with Crippen LogP contribution in [0.5, 0.6) is 0 Å². The summed E-state index contributed by atoms with van der Waals surface area (Å²) in [7, 11) is 0. The number of piperazine rings is 1. The van der Waals surface area contributed by atoms with Crippen LogP contribution in [0.3, 0.4) is 0 Å². The third-order valence-corrected chi connectivity index (χ3v) is 5.67. The first kappa shape index (κ1) is 17.3. The minimum atomic E-state index is -0.229. The van der Waals surface area contributed by atoms with Crippen LogP contribution in [0.15, 0.2) is 12.1 Å². The van der Waals surface area contributed by atoms with Gasteiger partial charge in [-0.05, 0) is 49.8 Å². The van der Waals surface area contributed by atoms with E-state index in [0.717, 1.165) is 36.8 Å². The molecule has 1 aromatic carbocycles. The Kier molecular flexibility index (Phi) is 4.59. The Hall–Kier alpha value is -2.11. The average molecular weight is 359 g/mol. The molecule has 5 nitrogen and oxygen atoms in total. The molecule has 1 aromatic rings. The first-order valence-corrected chi connectivity index (χ1v) is 9.63. The molecule has 0 bridgehead atoms. The molecule has 26 heavy (non-hydrogen) atoms. The molecule has 2 heterocycles. The van der Waals surface area contributed by atoms with Crippen LogP contribution in [0.25, 0.3) is 0 Å². The molecule has 1 aliphatic carbocycles. The maximum Gasteiger partial charge on any atom is 0.242 e. The predicted octanol–water partition coefficient (Wildman–Crippen LogP) is 1.97. The van der Waals surface area contributed by atoms with Crippen LogP contribution in [-0.4, -0.2) is 60.9 Å². The summed E-state index contributed by atoms with van der Waals surface area (Å²) in [6.07, 6.45) is 3.82. The highest BCUT2D eigenvalue weighted by Crippen LogP contribution is 2.32. The summed E-state index contributed by atoms with van der Waals surface area (Å²) in [5.74, 6) is 0.275. The Morgan fingerprint density at radius 1 is 1.08 bits per heavy atom. The van der Waals surface area contributed by atoms with Gasteiger partial charge in [0.05, 0.1) is 12.2 Å². The fourth-order valence-corrected chi connectivity index (χ4v) is 4.11. The minimum Gasteiger partial charge on any atom is -0.360 e. The lowest BCUT2D eigenvalue weighted by Gasteiger charge is -2.37. The molecule has 2 aliphatic heterocycles. The monoisotopic (exact) mass is 359 g/mol. The Morgan fingerprint density at radius 3 is 2.46 bits per heavy atom. The van der Waals surface area contributed by atoms with E-state index in [1.807, 2.05) is 27.7 Å². The number of hydrogen-bond donors (Lipinski definition) is 0. The molecule has 0 atom stereocenters. The van der Waals surface area contributed by atoms with Crippen LogP contribution >= 0.6 is 0 Å². The van der Waals surface area contributed by atoms with E-state index in [9.17, 15) is 14.0 Å². The molecule has 6 heteroatoms. The highest BCUT2D eigenvalue weighted by Gasteiger charge is 2.35. The van der Waals surface area contributed by atoms with E-state index in [4.69, 9.17) is 0 Å². The number of fused-ring (bicyclic) bond motifs is 1. The number of anilines is 1. The molecule has 2 fully saturated rings. The van der Waals surface area contributed by atoms with Crippen LogP contribution < -0.4 is 4.90 Å². The van der Waals surface area contributed by atoms with Gasteiger partial charge in [0.2, 0.25) is 11.8 Å². The fourth-order valence-electron chi connectivity index (χ4n) is 4.11. The number of hydrogen-bond acceptors (Lipinski definition) is 3. The van der Waals surface area contributed by atoms with E-state index in [1.165, 1.54) is 0 Å². The van der Waals surface area contributed by atoms with Gasteiger partial charge in [-0.15, -0.1) is 0 Å². The highest BCUT2D eigenvalue weighted by atomic mass is 19.1. The molecule has 2 amide bonds. The number of carbonyl (C=O) groups is 2. The smallest absolute Gasteiger partial charge is 0.242 e. The molecule has 0 spiro atoms. The normalized spacial score (nSPS) is 20.2. The summed E-state index contributed by atoms with van der Waals surface area (Å²) < 4.78 is 14.5. The summed E-state index contributed by atoms with van der Waals surface area (Å²) in [6, 6.07) is 3.57. The van der Waals surface area contributed by atoms with Gasteiger partial charge in [0.1, 0.15) is 5.82 Å². The van der Waals surface area contributed by atoms with Gasteiger partial charge in [0, 0.05) is 38.6 Å². The molecule has 0 unspecified atom stereocenters. The third-order valence-electron chi connectivity index (χ3n) is 5.67. The molecular weight excluding hydrogens is 333 g/mol. The lowest BCUT2D eigenvalue weighted by Crippen LogP contribution is -2.53. The van der Waals surface area contributed by atoms with Crippen LogP contribution in [0.4, 0.5) is 10.1 Å². The topological polar surface area (TPSA) is 43.9 Å². The van der Waals surface area contributed by atoms with Crippen LogP contribution in [0.2, 0.25) is 0 Å². The maximum atomic E-state index is 14.5. The number of carbonyl (C=O) groups excluding carboxylic acids is 2. The van der Waals surface area contributed by atoms with Crippen molar-refractivity contribution in [3.63, 3.8) is 0 Å². The predicted molar refractivity (Wildman–Crippen MR) is 97.6 cm³/mol. The Bertz CT molecular complexity index is 724. The summed E-state index contributed by atoms with van der Waals surface area (Å²) >= 11 is 0. The van der Waals surface area contributed by atoms with Crippen LogP contribution in [0.1, 0.15) is 30.4 Å². The summed E-state index contributed by atoms with van der Waals surface area (Å²) in [6.45, 7) is 5.21. The molecule has 1 saturated heterocycles. The van der Waals surface area contributed by atoms with Crippen molar-refractivity contribution in [3.05, 3.63) is 29.1 Å². The van der Waals surface area contributed by atoms with Crippen molar-refractivity contribution in [2.75, 3.05) is 44.2 Å². The van der Waals surface area contributed by atoms with E-state index in [-0.39, 0.29) is 30.1 Å². The molecular formula is C20H26FN3O2. The Morgan fingerprint density at radius 2 is 1.77 bits per heavy atom. The number of benzene rings is 1. The number of rotatable bonds is 3. The molecule has 1 saturated carbocycles. The molecule has 0 radical (unpaired) electrons. The van der Waals surface area contributed by atoms with E-state index < -0.39 is 0 Å². The zero-order valence-corrected chi connectivity index (χ0v) is 15.3. The molecule has 4 rings (SSSR count). The van der Waals surface area contributed by atoms with Gasteiger partial charge >= 0.3 is 0 Å². The van der Waals surface area contributed by atoms with Crippen molar-refractivity contribution in [2.45, 2.75) is 32.6 Å². The third kappa shape index (κ3) is 3.41. The zero-order chi connectivity index (χ0) is 18.3. The SMILES string of the molecule is Cc1cc(F)c2c(c1)CCCN2CC(=O)N1CCN(C(=O)C2CC2)CC1. The van der Waals surface area contributed by atoms with E-state index in [1.54, 1.807) is 6.07 Å². The van der Waals surface area contributed by atoms with Crippen molar-refractivity contribution in [2.24, 2.45) is 5.92 Å². The number of amides is 2. The Balaban J connectivity index is 1.38.